The number of methoxy groups -OCH3 is 2. The third-order valence-electron chi connectivity index (χ3n) is 5.05. The van der Waals surface area contributed by atoms with Crippen molar-refractivity contribution in [3.8, 4) is 11.5 Å². The summed E-state index contributed by atoms with van der Waals surface area (Å²) < 4.78 is 10.6. The SMILES string of the molecule is COc1cccc(NC(=O)C(=O)NCCN2CCN(c3ccccc3OC)CC2)c1. The Morgan fingerprint density at radius 3 is 2.43 bits per heavy atom. The second-order valence-corrected chi connectivity index (χ2v) is 6.94. The lowest BCUT2D eigenvalue weighted by Gasteiger charge is -2.36. The standard InChI is InChI=1S/C22H28N4O4/c1-29-18-7-5-6-17(16-18)24-22(28)21(27)23-10-11-25-12-14-26(15-13-25)19-8-3-4-9-20(19)30-2/h3-9,16H,10-15H2,1-2H3,(H,23,27)(H,24,28). The summed E-state index contributed by atoms with van der Waals surface area (Å²) in [7, 11) is 3.23. The molecule has 0 saturated carbocycles. The van der Waals surface area contributed by atoms with Gasteiger partial charge in [0.15, 0.2) is 0 Å². The average Bonchev–Trinajstić information content (AvgIpc) is 2.79. The highest BCUT2D eigenvalue weighted by Gasteiger charge is 2.20. The van der Waals surface area contributed by atoms with Crippen molar-refractivity contribution in [2.24, 2.45) is 0 Å². The van der Waals surface area contributed by atoms with Gasteiger partial charge in [-0.3, -0.25) is 14.5 Å². The van der Waals surface area contributed by atoms with E-state index >= 15 is 0 Å². The fourth-order valence-corrected chi connectivity index (χ4v) is 3.40. The summed E-state index contributed by atoms with van der Waals surface area (Å²) in [6.07, 6.45) is 0. The van der Waals surface area contributed by atoms with E-state index in [4.69, 9.17) is 9.47 Å². The van der Waals surface area contributed by atoms with Gasteiger partial charge in [-0.25, -0.2) is 0 Å². The first-order chi connectivity index (χ1) is 14.6. The van der Waals surface area contributed by atoms with Gasteiger partial charge < -0.3 is 25.0 Å². The topological polar surface area (TPSA) is 83.1 Å². The summed E-state index contributed by atoms with van der Waals surface area (Å²) in [6.45, 7) is 4.63. The van der Waals surface area contributed by atoms with E-state index in [0.717, 1.165) is 37.6 Å². The molecule has 0 radical (unpaired) electrons. The molecule has 1 heterocycles. The van der Waals surface area contributed by atoms with Crippen LogP contribution in [0.25, 0.3) is 0 Å². The van der Waals surface area contributed by atoms with Crippen LogP contribution in [0, 0.1) is 0 Å². The van der Waals surface area contributed by atoms with E-state index in [2.05, 4.69) is 26.5 Å². The second kappa shape index (κ2) is 10.5. The van der Waals surface area contributed by atoms with E-state index in [1.165, 1.54) is 0 Å². The van der Waals surface area contributed by atoms with Crippen molar-refractivity contribution in [1.29, 1.82) is 0 Å². The third kappa shape index (κ3) is 5.64. The van der Waals surface area contributed by atoms with Gasteiger partial charge in [0.05, 0.1) is 19.9 Å². The Balaban J connectivity index is 1.39. The van der Waals surface area contributed by atoms with Crippen molar-refractivity contribution in [1.82, 2.24) is 10.2 Å². The van der Waals surface area contributed by atoms with E-state index in [-0.39, 0.29) is 0 Å². The molecular weight excluding hydrogens is 384 g/mol. The number of hydrogen-bond donors (Lipinski definition) is 2. The molecule has 3 rings (SSSR count). The zero-order valence-corrected chi connectivity index (χ0v) is 17.4. The summed E-state index contributed by atoms with van der Waals surface area (Å²) >= 11 is 0. The number of anilines is 2. The quantitative estimate of drug-likeness (QED) is 0.672. The average molecular weight is 412 g/mol. The van der Waals surface area contributed by atoms with Gasteiger partial charge in [0, 0.05) is 51.0 Å². The van der Waals surface area contributed by atoms with Gasteiger partial charge >= 0.3 is 11.8 Å². The Labute approximate surface area is 176 Å². The normalized spacial score (nSPS) is 14.1. The van der Waals surface area contributed by atoms with E-state index in [0.29, 0.717) is 24.5 Å². The van der Waals surface area contributed by atoms with Gasteiger partial charge in [0.25, 0.3) is 0 Å². The molecule has 8 nitrogen and oxygen atoms in total. The van der Waals surface area contributed by atoms with Crippen molar-refractivity contribution in [3.05, 3.63) is 48.5 Å². The Hall–Kier alpha value is -3.26. The number of ether oxygens (including phenoxy) is 2. The molecule has 30 heavy (non-hydrogen) atoms. The largest absolute Gasteiger partial charge is 0.497 e. The Morgan fingerprint density at radius 2 is 1.70 bits per heavy atom. The molecule has 0 spiro atoms. The molecule has 2 amide bonds. The second-order valence-electron chi connectivity index (χ2n) is 6.94. The Kier molecular flexibility index (Phi) is 7.51. The minimum Gasteiger partial charge on any atom is -0.497 e. The summed E-state index contributed by atoms with van der Waals surface area (Å²) in [4.78, 5) is 28.7. The van der Waals surface area contributed by atoms with Crippen molar-refractivity contribution >= 4 is 23.2 Å². The number of para-hydroxylation sites is 2. The molecule has 1 aliphatic rings. The molecule has 8 heteroatoms. The number of carbonyl (C=O) groups excluding carboxylic acids is 2. The number of rotatable bonds is 7. The van der Waals surface area contributed by atoms with E-state index < -0.39 is 11.8 Å². The number of amides is 2. The number of piperazine rings is 1. The Morgan fingerprint density at radius 1 is 0.933 bits per heavy atom. The maximum Gasteiger partial charge on any atom is 0.313 e. The van der Waals surface area contributed by atoms with Crippen LogP contribution in [0.5, 0.6) is 11.5 Å². The number of nitrogens with zero attached hydrogens (tertiary/aromatic N) is 2. The molecule has 2 N–H and O–H groups in total. The Bertz CT molecular complexity index is 866. The highest BCUT2D eigenvalue weighted by atomic mass is 16.5. The number of nitrogens with one attached hydrogen (secondary N) is 2. The summed E-state index contributed by atoms with van der Waals surface area (Å²) in [6, 6.07) is 14.9. The van der Waals surface area contributed by atoms with Crippen LogP contribution in [0.2, 0.25) is 0 Å². The molecule has 0 bridgehead atoms. The lowest BCUT2D eigenvalue weighted by Crippen LogP contribution is -2.49. The lowest BCUT2D eigenvalue weighted by molar-refractivity contribution is -0.136. The van der Waals surface area contributed by atoms with Crippen LogP contribution >= 0.6 is 0 Å². The third-order valence-corrected chi connectivity index (χ3v) is 5.05. The van der Waals surface area contributed by atoms with Gasteiger partial charge in [-0.2, -0.15) is 0 Å². The molecule has 2 aromatic carbocycles. The first kappa shape index (κ1) is 21.4. The zero-order valence-electron chi connectivity index (χ0n) is 17.4. The molecular formula is C22H28N4O4. The smallest absolute Gasteiger partial charge is 0.313 e. The van der Waals surface area contributed by atoms with Gasteiger partial charge in [0.2, 0.25) is 0 Å². The van der Waals surface area contributed by atoms with Gasteiger partial charge in [-0.05, 0) is 24.3 Å². The van der Waals surface area contributed by atoms with E-state index in [1.807, 2.05) is 18.2 Å². The molecule has 2 aromatic rings. The van der Waals surface area contributed by atoms with Crippen molar-refractivity contribution < 1.29 is 19.1 Å². The van der Waals surface area contributed by atoms with Crippen molar-refractivity contribution in [2.75, 3.05) is 63.7 Å². The predicted molar refractivity (Wildman–Crippen MR) is 116 cm³/mol. The molecule has 0 aromatic heterocycles. The fraction of sp³-hybridized carbons (Fsp3) is 0.364. The van der Waals surface area contributed by atoms with E-state index in [1.54, 1.807) is 38.5 Å². The molecule has 0 aliphatic carbocycles. The minimum atomic E-state index is -0.691. The first-order valence-corrected chi connectivity index (χ1v) is 9.94. The van der Waals surface area contributed by atoms with Crippen LogP contribution in [0.3, 0.4) is 0 Å². The maximum atomic E-state index is 12.1. The van der Waals surface area contributed by atoms with Gasteiger partial charge in [-0.15, -0.1) is 0 Å². The van der Waals surface area contributed by atoms with Crippen LogP contribution in [0.1, 0.15) is 0 Å². The minimum absolute atomic E-state index is 0.416. The molecule has 1 fully saturated rings. The summed E-state index contributed by atoms with van der Waals surface area (Å²) in [5.74, 6) is 0.149. The monoisotopic (exact) mass is 412 g/mol. The predicted octanol–water partition coefficient (Wildman–Crippen LogP) is 1.58. The lowest BCUT2D eigenvalue weighted by atomic mass is 10.2. The summed E-state index contributed by atoms with van der Waals surface area (Å²) in [5, 5.41) is 5.26. The first-order valence-electron chi connectivity index (χ1n) is 9.94. The van der Waals surface area contributed by atoms with Crippen molar-refractivity contribution in [2.45, 2.75) is 0 Å². The van der Waals surface area contributed by atoms with Crippen LogP contribution in [0.4, 0.5) is 11.4 Å². The van der Waals surface area contributed by atoms with Crippen LogP contribution in [0.15, 0.2) is 48.5 Å². The van der Waals surface area contributed by atoms with Gasteiger partial charge in [0.1, 0.15) is 11.5 Å². The maximum absolute atomic E-state index is 12.1. The van der Waals surface area contributed by atoms with E-state index in [9.17, 15) is 9.59 Å². The molecule has 1 aliphatic heterocycles. The number of benzene rings is 2. The highest BCUT2D eigenvalue weighted by molar-refractivity contribution is 6.39. The number of carbonyl (C=O) groups is 2. The van der Waals surface area contributed by atoms with Crippen molar-refractivity contribution in [3.63, 3.8) is 0 Å². The van der Waals surface area contributed by atoms with Crippen LogP contribution in [-0.2, 0) is 9.59 Å². The van der Waals surface area contributed by atoms with Crippen LogP contribution in [-0.4, -0.2) is 70.2 Å². The highest BCUT2D eigenvalue weighted by Crippen LogP contribution is 2.28. The van der Waals surface area contributed by atoms with Crippen LogP contribution < -0.4 is 25.0 Å². The van der Waals surface area contributed by atoms with Gasteiger partial charge in [-0.1, -0.05) is 18.2 Å². The fourth-order valence-electron chi connectivity index (χ4n) is 3.40. The number of hydrogen-bond acceptors (Lipinski definition) is 6. The zero-order chi connectivity index (χ0) is 21.3. The molecule has 160 valence electrons. The summed E-state index contributed by atoms with van der Waals surface area (Å²) in [5.41, 5.74) is 1.61. The molecule has 1 saturated heterocycles. The molecule has 0 atom stereocenters. The molecule has 0 unspecified atom stereocenters.